The third-order valence-corrected chi connectivity index (χ3v) is 3.09. The fraction of sp³-hybridized carbons (Fsp3) is 0.0588. The van der Waals surface area contributed by atoms with Crippen LogP contribution < -0.4 is 0 Å². The molecule has 0 spiro atoms. The highest BCUT2D eigenvalue weighted by atomic mass is 14.8. The Bertz CT molecular complexity index is 673. The van der Waals surface area contributed by atoms with Gasteiger partial charge in [0, 0.05) is 11.3 Å². The van der Waals surface area contributed by atoms with Gasteiger partial charge in [0.25, 0.3) is 0 Å². The molecule has 0 aliphatic carbocycles. The number of aryl methyl sites for hydroxylation is 1. The first kappa shape index (κ1) is 11.6. The van der Waals surface area contributed by atoms with Crippen molar-refractivity contribution < 1.29 is 0 Å². The maximum atomic E-state index is 4.30. The number of aromatic nitrogens is 2. The normalized spacial score (nSPS) is 10.4. The highest BCUT2D eigenvalue weighted by Gasteiger charge is 2.01. The molecule has 3 rings (SSSR count). The summed E-state index contributed by atoms with van der Waals surface area (Å²) in [5.41, 5.74) is 5.51. The number of rotatable bonds is 2. The maximum absolute atomic E-state index is 4.30. The van der Waals surface area contributed by atoms with E-state index < -0.39 is 0 Å². The molecule has 0 unspecified atom stereocenters. The van der Waals surface area contributed by atoms with Crippen LogP contribution in [-0.4, -0.2) is 9.97 Å². The van der Waals surface area contributed by atoms with E-state index in [1.165, 1.54) is 11.1 Å². The lowest BCUT2D eigenvalue weighted by Gasteiger charge is -2.04. The fourth-order valence-corrected chi connectivity index (χ4v) is 2.08. The van der Waals surface area contributed by atoms with Gasteiger partial charge in [-0.25, -0.2) is 9.97 Å². The molecular formula is C17H14N2. The van der Waals surface area contributed by atoms with Gasteiger partial charge in [-0.1, -0.05) is 54.6 Å². The van der Waals surface area contributed by atoms with Crippen LogP contribution in [0.1, 0.15) is 5.69 Å². The predicted octanol–water partition coefficient (Wildman–Crippen LogP) is 4.12. The van der Waals surface area contributed by atoms with Crippen LogP contribution >= 0.6 is 0 Å². The molecule has 92 valence electrons. The molecule has 0 atom stereocenters. The van der Waals surface area contributed by atoms with E-state index in [-0.39, 0.29) is 0 Å². The van der Waals surface area contributed by atoms with E-state index in [0.29, 0.717) is 0 Å². The molecule has 0 amide bonds. The molecule has 19 heavy (non-hydrogen) atoms. The summed E-state index contributed by atoms with van der Waals surface area (Å²) < 4.78 is 0. The van der Waals surface area contributed by atoms with Crippen LogP contribution in [0.2, 0.25) is 0 Å². The smallest absolute Gasteiger partial charge is 0.116 e. The zero-order valence-electron chi connectivity index (χ0n) is 10.7. The molecule has 2 heteroatoms. The lowest BCUT2D eigenvalue weighted by atomic mass is 10.0. The van der Waals surface area contributed by atoms with E-state index in [1.54, 1.807) is 6.33 Å². The molecule has 1 heterocycles. The number of nitrogens with zero attached hydrogens (tertiary/aromatic N) is 2. The Labute approximate surface area is 112 Å². The quantitative estimate of drug-likeness (QED) is 0.679. The molecule has 3 aromatic rings. The van der Waals surface area contributed by atoms with E-state index in [2.05, 4.69) is 58.5 Å². The molecule has 2 nitrogen and oxygen atoms in total. The van der Waals surface area contributed by atoms with Crippen LogP contribution in [0.5, 0.6) is 0 Å². The summed E-state index contributed by atoms with van der Waals surface area (Å²) in [6.45, 7) is 1.98. The van der Waals surface area contributed by atoms with Crippen molar-refractivity contribution in [2.24, 2.45) is 0 Å². The third-order valence-electron chi connectivity index (χ3n) is 3.09. The second kappa shape index (κ2) is 5.02. The molecule has 0 bridgehead atoms. The van der Waals surface area contributed by atoms with Crippen molar-refractivity contribution in [1.82, 2.24) is 9.97 Å². The zero-order chi connectivity index (χ0) is 13.1. The lowest BCUT2D eigenvalue weighted by molar-refractivity contribution is 1.11. The van der Waals surface area contributed by atoms with Crippen LogP contribution in [0.4, 0.5) is 0 Å². The van der Waals surface area contributed by atoms with Crippen molar-refractivity contribution in [1.29, 1.82) is 0 Å². The molecule has 0 aliphatic rings. The van der Waals surface area contributed by atoms with E-state index >= 15 is 0 Å². The van der Waals surface area contributed by atoms with Crippen molar-refractivity contribution in [3.05, 3.63) is 72.7 Å². The summed E-state index contributed by atoms with van der Waals surface area (Å²) in [6.07, 6.45) is 1.61. The Kier molecular flexibility index (Phi) is 3.07. The van der Waals surface area contributed by atoms with Crippen molar-refractivity contribution in [2.75, 3.05) is 0 Å². The number of benzene rings is 2. The lowest BCUT2D eigenvalue weighted by Crippen LogP contribution is -1.87. The SMILES string of the molecule is Cc1cc(-c2ccc(-c3ccccc3)cc2)ncn1. The van der Waals surface area contributed by atoms with Gasteiger partial charge in [-0.3, -0.25) is 0 Å². The first-order valence-electron chi connectivity index (χ1n) is 6.27. The second-order valence-electron chi connectivity index (χ2n) is 4.49. The minimum atomic E-state index is 0.965. The minimum absolute atomic E-state index is 0.965. The molecule has 0 saturated heterocycles. The van der Waals surface area contributed by atoms with Gasteiger partial charge in [-0.05, 0) is 24.1 Å². The molecule has 0 aliphatic heterocycles. The molecule has 0 fully saturated rings. The highest BCUT2D eigenvalue weighted by molar-refractivity contribution is 5.68. The minimum Gasteiger partial charge on any atom is -0.242 e. The van der Waals surface area contributed by atoms with Crippen molar-refractivity contribution in [3.8, 4) is 22.4 Å². The highest BCUT2D eigenvalue weighted by Crippen LogP contribution is 2.23. The van der Waals surface area contributed by atoms with Gasteiger partial charge >= 0.3 is 0 Å². The van der Waals surface area contributed by atoms with E-state index in [1.807, 2.05) is 19.1 Å². The van der Waals surface area contributed by atoms with Crippen molar-refractivity contribution in [3.63, 3.8) is 0 Å². The molecule has 0 saturated carbocycles. The topological polar surface area (TPSA) is 25.8 Å². The molecule has 0 radical (unpaired) electrons. The Morgan fingerprint density at radius 3 is 2.00 bits per heavy atom. The van der Waals surface area contributed by atoms with Crippen LogP contribution in [0, 0.1) is 6.92 Å². The monoisotopic (exact) mass is 246 g/mol. The first-order valence-corrected chi connectivity index (χ1v) is 6.27. The van der Waals surface area contributed by atoms with Gasteiger partial charge in [0.05, 0.1) is 5.69 Å². The van der Waals surface area contributed by atoms with Gasteiger partial charge in [-0.15, -0.1) is 0 Å². The van der Waals surface area contributed by atoms with Gasteiger partial charge in [0.1, 0.15) is 6.33 Å². The van der Waals surface area contributed by atoms with Gasteiger partial charge in [0.15, 0.2) is 0 Å². The number of hydrogen-bond acceptors (Lipinski definition) is 2. The summed E-state index contributed by atoms with van der Waals surface area (Å²) in [6, 6.07) is 20.8. The van der Waals surface area contributed by atoms with Gasteiger partial charge in [-0.2, -0.15) is 0 Å². The molecular weight excluding hydrogens is 232 g/mol. The first-order chi connectivity index (χ1) is 9.33. The van der Waals surface area contributed by atoms with Gasteiger partial charge in [0.2, 0.25) is 0 Å². The largest absolute Gasteiger partial charge is 0.242 e. The van der Waals surface area contributed by atoms with Crippen molar-refractivity contribution >= 4 is 0 Å². The maximum Gasteiger partial charge on any atom is 0.116 e. The van der Waals surface area contributed by atoms with Crippen LogP contribution in [0.15, 0.2) is 67.0 Å². The molecule has 1 aromatic heterocycles. The predicted molar refractivity (Wildman–Crippen MR) is 77.6 cm³/mol. The summed E-state index contributed by atoms with van der Waals surface area (Å²) in [5, 5.41) is 0. The van der Waals surface area contributed by atoms with E-state index in [4.69, 9.17) is 0 Å². The zero-order valence-corrected chi connectivity index (χ0v) is 10.7. The van der Waals surface area contributed by atoms with Crippen molar-refractivity contribution in [2.45, 2.75) is 6.92 Å². The average molecular weight is 246 g/mol. The Morgan fingerprint density at radius 2 is 1.32 bits per heavy atom. The Balaban J connectivity index is 1.95. The standard InChI is InChI=1S/C17H14N2/c1-13-11-17(19-12-18-13)16-9-7-15(8-10-16)14-5-3-2-4-6-14/h2-12H,1H3. The van der Waals surface area contributed by atoms with Gasteiger partial charge < -0.3 is 0 Å². The fourth-order valence-electron chi connectivity index (χ4n) is 2.08. The van der Waals surface area contributed by atoms with Crippen LogP contribution in [-0.2, 0) is 0 Å². The van der Waals surface area contributed by atoms with Crippen LogP contribution in [0.25, 0.3) is 22.4 Å². The third kappa shape index (κ3) is 2.52. The summed E-state index contributed by atoms with van der Waals surface area (Å²) in [4.78, 5) is 8.42. The summed E-state index contributed by atoms with van der Waals surface area (Å²) in [5.74, 6) is 0. The number of hydrogen-bond donors (Lipinski definition) is 0. The molecule has 0 N–H and O–H groups in total. The summed E-state index contributed by atoms with van der Waals surface area (Å²) >= 11 is 0. The molecule has 2 aromatic carbocycles. The van der Waals surface area contributed by atoms with E-state index in [9.17, 15) is 0 Å². The van der Waals surface area contributed by atoms with E-state index in [0.717, 1.165) is 17.0 Å². The summed E-state index contributed by atoms with van der Waals surface area (Å²) in [7, 11) is 0. The second-order valence-corrected chi connectivity index (χ2v) is 4.49. The Hall–Kier alpha value is -2.48. The average Bonchev–Trinajstić information content (AvgIpc) is 2.48. The van der Waals surface area contributed by atoms with Crippen LogP contribution in [0.3, 0.4) is 0 Å². The Morgan fingerprint density at radius 1 is 0.684 bits per heavy atom.